The first-order valence-corrected chi connectivity index (χ1v) is 6.78. The van der Waals surface area contributed by atoms with Gasteiger partial charge in [-0.25, -0.2) is 0 Å². The van der Waals surface area contributed by atoms with Crippen molar-refractivity contribution in [2.24, 2.45) is 5.41 Å². The van der Waals surface area contributed by atoms with E-state index in [9.17, 15) is 4.79 Å². The first-order valence-electron chi connectivity index (χ1n) is 6.78. The molecule has 1 aliphatic rings. The smallest absolute Gasteiger partial charge is 0.237 e. The van der Waals surface area contributed by atoms with Crippen molar-refractivity contribution in [2.75, 3.05) is 20.2 Å². The maximum atomic E-state index is 11.7. The Labute approximate surface area is 118 Å². The highest BCUT2D eigenvalue weighted by atomic mass is 16.5. The Morgan fingerprint density at radius 2 is 2.20 bits per heavy atom. The molecule has 0 saturated carbocycles. The third kappa shape index (κ3) is 3.34. The molecule has 1 amide bonds. The molecule has 2 rings (SSSR count). The lowest BCUT2D eigenvalue weighted by Crippen LogP contribution is -2.53. The Kier molecular flexibility index (Phi) is 4.39. The van der Waals surface area contributed by atoms with Crippen LogP contribution in [0, 0.1) is 5.41 Å². The van der Waals surface area contributed by atoms with Gasteiger partial charge in [-0.2, -0.15) is 4.98 Å². The van der Waals surface area contributed by atoms with Crippen molar-refractivity contribution in [3.8, 4) is 0 Å². The van der Waals surface area contributed by atoms with Crippen LogP contribution in [0.4, 0.5) is 0 Å². The molecular formula is C13H22N4O3. The average Bonchev–Trinajstić information content (AvgIpc) is 2.79. The Bertz CT molecular complexity index is 466. The zero-order valence-corrected chi connectivity index (χ0v) is 12.4. The molecule has 112 valence electrons. The molecule has 1 saturated heterocycles. The van der Waals surface area contributed by atoms with E-state index in [-0.39, 0.29) is 23.5 Å². The molecule has 0 bridgehead atoms. The van der Waals surface area contributed by atoms with Crippen molar-refractivity contribution in [1.29, 1.82) is 0 Å². The van der Waals surface area contributed by atoms with Gasteiger partial charge in [0.1, 0.15) is 6.10 Å². The minimum atomic E-state index is -0.312. The topological polar surface area (TPSA) is 89.3 Å². The Hall–Kier alpha value is -1.47. The maximum Gasteiger partial charge on any atom is 0.237 e. The fourth-order valence-corrected chi connectivity index (χ4v) is 2.29. The number of nitrogens with zero attached hydrogens (tertiary/aromatic N) is 2. The van der Waals surface area contributed by atoms with Crippen LogP contribution in [0.25, 0.3) is 0 Å². The summed E-state index contributed by atoms with van der Waals surface area (Å²) in [6.45, 7) is 7.55. The van der Waals surface area contributed by atoms with Gasteiger partial charge in [-0.15, -0.1) is 0 Å². The molecule has 7 heteroatoms. The van der Waals surface area contributed by atoms with Gasteiger partial charge in [0, 0.05) is 20.2 Å². The number of ether oxygens (including phenoxy) is 1. The summed E-state index contributed by atoms with van der Waals surface area (Å²) in [6, 6.07) is -0.312. The fraction of sp³-hybridized carbons (Fsp3) is 0.769. The summed E-state index contributed by atoms with van der Waals surface area (Å²) >= 11 is 0. The van der Waals surface area contributed by atoms with E-state index >= 15 is 0 Å². The SMILES string of the molecule is COC(c1noc(CC2NCCNC2=O)n1)C(C)(C)C. The van der Waals surface area contributed by atoms with Crippen LogP contribution >= 0.6 is 0 Å². The van der Waals surface area contributed by atoms with E-state index in [1.807, 2.05) is 20.8 Å². The minimum Gasteiger partial charge on any atom is -0.373 e. The molecule has 20 heavy (non-hydrogen) atoms. The van der Waals surface area contributed by atoms with Gasteiger partial charge in [0.25, 0.3) is 0 Å². The van der Waals surface area contributed by atoms with Crippen molar-refractivity contribution in [1.82, 2.24) is 20.8 Å². The van der Waals surface area contributed by atoms with Gasteiger partial charge < -0.3 is 19.9 Å². The Morgan fingerprint density at radius 1 is 1.45 bits per heavy atom. The van der Waals surface area contributed by atoms with Crippen LogP contribution in [0.15, 0.2) is 4.52 Å². The molecule has 2 N–H and O–H groups in total. The second kappa shape index (κ2) is 5.88. The van der Waals surface area contributed by atoms with E-state index < -0.39 is 0 Å². The van der Waals surface area contributed by atoms with Crippen LogP contribution in [0.5, 0.6) is 0 Å². The highest BCUT2D eigenvalue weighted by Gasteiger charge is 2.31. The second-order valence-electron chi connectivity index (χ2n) is 6.03. The lowest BCUT2D eigenvalue weighted by atomic mass is 9.88. The lowest BCUT2D eigenvalue weighted by molar-refractivity contribution is -0.124. The third-order valence-electron chi connectivity index (χ3n) is 3.25. The number of carbonyl (C=O) groups is 1. The number of hydrogen-bond donors (Lipinski definition) is 2. The van der Waals surface area contributed by atoms with Crippen molar-refractivity contribution >= 4 is 5.91 Å². The molecule has 2 unspecified atom stereocenters. The predicted octanol–water partition coefficient (Wildman–Crippen LogP) is 0.434. The number of rotatable bonds is 4. The molecule has 1 fully saturated rings. The van der Waals surface area contributed by atoms with Gasteiger partial charge in [0.05, 0.1) is 12.5 Å². The van der Waals surface area contributed by atoms with E-state index in [2.05, 4.69) is 20.8 Å². The Balaban J connectivity index is 2.06. The molecule has 0 aromatic carbocycles. The van der Waals surface area contributed by atoms with Gasteiger partial charge in [0.2, 0.25) is 17.6 Å². The average molecular weight is 282 g/mol. The van der Waals surface area contributed by atoms with Gasteiger partial charge >= 0.3 is 0 Å². The van der Waals surface area contributed by atoms with Crippen molar-refractivity contribution in [3.63, 3.8) is 0 Å². The van der Waals surface area contributed by atoms with E-state index in [1.165, 1.54) is 0 Å². The summed E-state index contributed by atoms with van der Waals surface area (Å²) in [6.07, 6.45) is 0.146. The highest BCUT2D eigenvalue weighted by molar-refractivity contribution is 5.82. The maximum absolute atomic E-state index is 11.7. The molecule has 1 aliphatic heterocycles. The van der Waals surface area contributed by atoms with E-state index in [0.717, 1.165) is 6.54 Å². The van der Waals surface area contributed by atoms with E-state index in [4.69, 9.17) is 9.26 Å². The normalized spacial score (nSPS) is 21.6. The molecule has 2 atom stereocenters. The zero-order chi connectivity index (χ0) is 14.8. The van der Waals surface area contributed by atoms with Gasteiger partial charge in [-0.1, -0.05) is 25.9 Å². The molecule has 0 radical (unpaired) electrons. The number of amides is 1. The van der Waals surface area contributed by atoms with Crippen LogP contribution in [0.1, 0.15) is 38.6 Å². The van der Waals surface area contributed by atoms with Crippen LogP contribution in [-0.4, -0.2) is 42.3 Å². The molecule has 0 spiro atoms. The monoisotopic (exact) mass is 282 g/mol. The van der Waals surface area contributed by atoms with Gasteiger partial charge in [-0.05, 0) is 5.41 Å². The quantitative estimate of drug-likeness (QED) is 0.832. The number of carbonyl (C=O) groups excluding carboxylic acids is 1. The summed E-state index contributed by atoms with van der Waals surface area (Å²) in [7, 11) is 1.63. The number of hydrogen-bond acceptors (Lipinski definition) is 6. The first kappa shape index (κ1) is 14.9. The van der Waals surface area contributed by atoms with Crippen LogP contribution in [0.2, 0.25) is 0 Å². The molecule has 7 nitrogen and oxygen atoms in total. The van der Waals surface area contributed by atoms with Gasteiger partial charge in [-0.3, -0.25) is 4.79 Å². The molecular weight excluding hydrogens is 260 g/mol. The fourth-order valence-electron chi connectivity index (χ4n) is 2.29. The van der Waals surface area contributed by atoms with Crippen LogP contribution < -0.4 is 10.6 Å². The highest BCUT2D eigenvalue weighted by Crippen LogP contribution is 2.33. The largest absolute Gasteiger partial charge is 0.373 e. The van der Waals surface area contributed by atoms with Crippen molar-refractivity contribution < 1.29 is 14.1 Å². The molecule has 2 heterocycles. The second-order valence-corrected chi connectivity index (χ2v) is 6.03. The number of methoxy groups -OCH3 is 1. The van der Waals surface area contributed by atoms with E-state index in [0.29, 0.717) is 24.7 Å². The Morgan fingerprint density at radius 3 is 2.80 bits per heavy atom. The molecule has 1 aromatic rings. The lowest BCUT2D eigenvalue weighted by Gasteiger charge is -2.26. The third-order valence-corrected chi connectivity index (χ3v) is 3.25. The predicted molar refractivity (Wildman–Crippen MR) is 72.0 cm³/mol. The molecule has 1 aromatic heterocycles. The summed E-state index contributed by atoms with van der Waals surface area (Å²) in [5.74, 6) is 0.933. The summed E-state index contributed by atoms with van der Waals surface area (Å²) < 4.78 is 10.7. The number of nitrogens with one attached hydrogen (secondary N) is 2. The molecule has 0 aliphatic carbocycles. The first-order chi connectivity index (χ1) is 9.41. The zero-order valence-electron chi connectivity index (χ0n) is 12.4. The number of piperazine rings is 1. The van der Waals surface area contributed by atoms with Crippen molar-refractivity contribution in [2.45, 2.75) is 39.3 Å². The van der Waals surface area contributed by atoms with Gasteiger partial charge in [0.15, 0.2) is 0 Å². The van der Waals surface area contributed by atoms with Crippen LogP contribution in [0.3, 0.4) is 0 Å². The van der Waals surface area contributed by atoms with Crippen LogP contribution in [-0.2, 0) is 16.0 Å². The minimum absolute atomic E-state index is 0.0323. The summed E-state index contributed by atoms with van der Waals surface area (Å²) in [5.41, 5.74) is -0.129. The summed E-state index contributed by atoms with van der Waals surface area (Å²) in [5, 5.41) is 9.90. The van der Waals surface area contributed by atoms with E-state index in [1.54, 1.807) is 7.11 Å². The number of aromatic nitrogens is 2. The standard InChI is InChI=1S/C13H22N4O3/c1-13(2,3)10(19-4)11-16-9(20-17-11)7-8-12(18)15-6-5-14-8/h8,10,14H,5-7H2,1-4H3,(H,15,18). The van der Waals surface area contributed by atoms with Crippen molar-refractivity contribution in [3.05, 3.63) is 11.7 Å². The summed E-state index contributed by atoms with van der Waals surface area (Å²) in [4.78, 5) is 16.0.